The molecule has 2 N–H and O–H groups in total. The van der Waals surface area contributed by atoms with Crippen LogP contribution < -0.4 is 20.1 Å². The molecule has 0 spiro atoms. The minimum absolute atomic E-state index is 0.0707. The van der Waals surface area contributed by atoms with Crippen LogP contribution in [0.25, 0.3) is 0 Å². The zero-order valence-corrected chi connectivity index (χ0v) is 14.5. The van der Waals surface area contributed by atoms with Crippen LogP contribution in [-0.4, -0.2) is 19.2 Å². The van der Waals surface area contributed by atoms with Crippen molar-refractivity contribution in [1.82, 2.24) is 5.32 Å². The fraction of sp³-hybridized carbons (Fsp3) is 0.316. The number of benzene rings is 2. The number of halogens is 2. The van der Waals surface area contributed by atoms with Gasteiger partial charge in [0, 0.05) is 6.07 Å². The van der Waals surface area contributed by atoms with E-state index in [1.54, 1.807) is 6.07 Å². The number of anilines is 1. The summed E-state index contributed by atoms with van der Waals surface area (Å²) in [5.74, 6) is -0.168. The number of hydrogen-bond acceptors (Lipinski definition) is 3. The van der Waals surface area contributed by atoms with Crippen molar-refractivity contribution in [3.63, 3.8) is 0 Å². The molecule has 0 bridgehead atoms. The van der Waals surface area contributed by atoms with Crippen LogP contribution in [0.5, 0.6) is 11.5 Å². The average molecular weight is 362 g/mol. The minimum Gasteiger partial charge on any atom is -0.486 e. The quantitative estimate of drug-likeness (QED) is 0.855. The fourth-order valence-corrected chi connectivity index (χ4v) is 2.78. The lowest BCUT2D eigenvalue weighted by molar-refractivity contribution is 0.171. The number of nitrogens with one attached hydrogen (secondary N) is 2. The molecule has 0 unspecified atom stereocenters. The van der Waals surface area contributed by atoms with E-state index in [2.05, 4.69) is 10.6 Å². The summed E-state index contributed by atoms with van der Waals surface area (Å²) in [6.07, 6.45) is 0. The Hall–Kier alpha value is -2.83. The molecule has 5 nitrogen and oxygen atoms in total. The zero-order chi connectivity index (χ0) is 18.7. The van der Waals surface area contributed by atoms with Crippen LogP contribution in [-0.2, 0) is 0 Å². The molecular formula is C19H20F2N2O3. The first-order valence-corrected chi connectivity index (χ1v) is 8.36. The van der Waals surface area contributed by atoms with Crippen molar-refractivity contribution in [2.45, 2.75) is 19.9 Å². The number of amides is 2. The monoisotopic (exact) mass is 362 g/mol. The Morgan fingerprint density at radius 3 is 2.46 bits per heavy atom. The van der Waals surface area contributed by atoms with Crippen molar-refractivity contribution >= 4 is 11.7 Å². The van der Waals surface area contributed by atoms with E-state index in [0.29, 0.717) is 24.7 Å². The highest BCUT2D eigenvalue weighted by molar-refractivity contribution is 5.89. The van der Waals surface area contributed by atoms with Crippen molar-refractivity contribution in [2.24, 2.45) is 5.92 Å². The highest BCUT2D eigenvalue weighted by Crippen LogP contribution is 2.34. The Kier molecular flexibility index (Phi) is 5.25. The Morgan fingerprint density at radius 1 is 1.04 bits per heavy atom. The van der Waals surface area contributed by atoms with E-state index >= 15 is 0 Å². The molecular weight excluding hydrogens is 342 g/mol. The first-order chi connectivity index (χ1) is 12.4. The van der Waals surface area contributed by atoms with Gasteiger partial charge >= 0.3 is 6.03 Å². The molecule has 7 heteroatoms. The summed E-state index contributed by atoms with van der Waals surface area (Å²) in [5.41, 5.74) is 0.757. The second-order valence-corrected chi connectivity index (χ2v) is 6.35. The first kappa shape index (κ1) is 18.0. The summed E-state index contributed by atoms with van der Waals surface area (Å²) < 4.78 is 37.8. The SMILES string of the molecule is CC(C)[C@@H](NC(=O)Nc1ccc(F)cc1F)c1ccc2c(c1)OCCO2. The van der Waals surface area contributed by atoms with Crippen LogP contribution in [0, 0.1) is 17.6 Å². The van der Waals surface area contributed by atoms with Crippen molar-refractivity contribution in [3.05, 3.63) is 53.6 Å². The van der Waals surface area contributed by atoms with Gasteiger partial charge in [-0.05, 0) is 35.7 Å². The predicted molar refractivity (Wildman–Crippen MR) is 93.5 cm³/mol. The summed E-state index contributed by atoms with van der Waals surface area (Å²) in [6.45, 7) is 4.89. The molecule has 1 heterocycles. The second kappa shape index (κ2) is 7.59. The van der Waals surface area contributed by atoms with E-state index in [1.807, 2.05) is 26.0 Å². The molecule has 2 aromatic carbocycles. The number of carbonyl (C=O) groups is 1. The number of ether oxygens (including phenoxy) is 2. The maximum absolute atomic E-state index is 13.7. The average Bonchev–Trinajstić information content (AvgIpc) is 2.61. The Bertz CT molecular complexity index is 811. The molecule has 0 radical (unpaired) electrons. The highest BCUT2D eigenvalue weighted by atomic mass is 19.1. The van der Waals surface area contributed by atoms with Gasteiger partial charge in [-0.15, -0.1) is 0 Å². The van der Waals surface area contributed by atoms with E-state index in [4.69, 9.17) is 9.47 Å². The number of fused-ring (bicyclic) bond motifs is 1. The van der Waals surface area contributed by atoms with E-state index < -0.39 is 17.7 Å². The summed E-state index contributed by atoms with van der Waals surface area (Å²) >= 11 is 0. The molecule has 1 aliphatic rings. The molecule has 0 fully saturated rings. The molecule has 138 valence electrons. The van der Waals surface area contributed by atoms with Crippen LogP contribution in [0.2, 0.25) is 0 Å². The van der Waals surface area contributed by atoms with Crippen LogP contribution >= 0.6 is 0 Å². The predicted octanol–water partition coefficient (Wildman–Crippen LogP) is 4.25. The van der Waals surface area contributed by atoms with E-state index in [1.165, 1.54) is 6.07 Å². The summed E-state index contributed by atoms with van der Waals surface area (Å²) in [6, 6.07) is 7.57. The van der Waals surface area contributed by atoms with Crippen molar-refractivity contribution < 1.29 is 23.0 Å². The molecule has 3 rings (SSSR count). The molecule has 0 saturated carbocycles. The molecule has 0 aromatic heterocycles. The van der Waals surface area contributed by atoms with Crippen LogP contribution in [0.15, 0.2) is 36.4 Å². The van der Waals surface area contributed by atoms with Crippen molar-refractivity contribution in [2.75, 3.05) is 18.5 Å². The zero-order valence-electron chi connectivity index (χ0n) is 14.5. The lowest BCUT2D eigenvalue weighted by Crippen LogP contribution is -2.35. The number of urea groups is 1. The highest BCUT2D eigenvalue weighted by Gasteiger charge is 2.22. The van der Waals surface area contributed by atoms with E-state index in [9.17, 15) is 13.6 Å². The van der Waals surface area contributed by atoms with Crippen LogP contribution in [0.1, 0.15) is 25.5 Å². The van der Waals surface area contributed by atoms with Gasteiger partial charge in [0.2, 0.25) is 0 Å². The van der Waals surface area contributed by atoms with Gasteiger partial charge in [-0.25, -0.2) is 13.6 Å². The van der Waals surface area contributed by atoms with Gasteiger partial charge in [-0.1, -0.05) is 19.9 Å². The first-order valence-electron chi connectivity index (χ1n) is 8.36. The molecule has 1 atom stereocenters. The maximum Gasteiger partial charge on any atom is 0.319 e. The smallest absolute Gasteiger partial charge is 0.319 e. The third kappa shape index (κ3) is 4.04. The molecule has 0 saturated heterocycles. The minimum atomic E-state index is -0.833. The third-order valence-electron chi connectivity index (χ3n) is 4.06. The summed E-state index contributed by atoms with van der Waals surface area (Å²) in [4.78, 5) is 12.3. The van der Waals surface area contributed by atoms with Crippen molar-refractivity contribution in [3.8, 4) is 11.5 Å². The lowest BCUT2D eigenvalue weighted by atomic mass is 9.95. The summed E-state index contributed by atoms with van der Waals surface area (Å²) in [5, 5.41) is 5.23. The van der Waals surface area contributed by atoms with Gasteiger partial charge in [0.05, 0.1) is 11.7 Å². The second-order valence-electron chi connectivity index (χ2n) is 6.35. The topological polar surface area (TPSA) is 59.6 Å². The van der Waals surface area contributed by atoms with Gasteiger partial charge in [-0.2, -0.15) is 0 Å². The molecule has 1 aliphatic heterocycles. The fourth-order valence-electron chi connectivity index (χ4n) is 2.78. The number of hydrogen-bond donors (Lipinski definition) is 2. The van der Waals surface area contributed by atoms with Gasteiger partial charge in [-0.3, -0.25) is 0 Å². The van der Waals surface area contributed by atoms with E-state index in [-0.39, 0.29) is 17.6 Å². The van der Waals surface area contributed by atoms with Gasteiger partial charge in [0.1, 0.15) is 24.8 Å². The standard InChI is InChI=1S/C19H20F2N2O3/c1-11(2)18(12-3-6-16-17(9-12)26-8-7-25-16)23-19(24)22-15-5-4-13(20)10-14(15)21/h3-6,9-11,18H,7-8H2,1-2H3,(H2,22,23,24)/t18-/m1/s1. The molecule has 26 heavy (non-hydrogen) atoms. The molecule has 2 amide bonds. The largest absolute Gasteiger partial charge is 0.486 e. The Balaban J connectivity index is 1.75. The number of rotatable bonds is 4. The van der Waals surface area contributed by atoms with Crippen LogP contribution in [0.3, 0.4) is 0 Å². The third-order valence-corrected chi connectivity index (χ3v) is 4.06. The lowest BCUT2D eigenvalue weighted by Gasteiger charge is -2.25. The molecule has 2 aromatic rings. The van der Waals surface area contributed by atoms with E-state index in [0.717, 1.165) is 17.7 Å². The Labute approximate surface area is 150 Å². The van der Waals surface area contributed by atoms with Gasteiger partial charge in [0.25, 0.3) is 0 Å². The number of carbonyl (C=O) groups excluding carboxylic acids is 1. The Morgan fingerprint density at radius 2 is 1.77 bits per heavy atom. The molecule has 0 aliphatic carbocycles. The maximum atomic E-state index is 13.7. The normalized spacial score (nSPS) is 14.0. The van der Waals surface area contributed by atoms with Crippen molar-refractivity contribution in [1.29, 1.82) is 0 Å². The van der Waals surface area contributed by atoms with Gasteiger partial charge < -0.3 is 20.1 Å². The van der Waals surface area contributed by atoms with Crippen LogP contribution in [0.4, 0.5) is 19.3 Å². The summed E-state index contributed by atoms with van der Waals surface area (Å²) in [7, 11) is 0. The van der Waals surface area contributed by atoms with Gasteiger partial charge in [0.15, 0.2) is 11.5 Å².